The van der Waals surface area contributed by atoms with E-state index in [1.54, 1.807) is 16.7 Å². The lowest BCUT2D eigenvalue weighted by Crippen LogP contribution is -2.46. The van der Waals surface area contributed by atoms with Crippen LogP contribution in [0.3, 0.4) is 0 Å². The summed E-state index contributed by atoms with van der Waals surface area (Å²) in [7, 11) is 0. The van der Waals surface area contributed by atoms with Crippen LogP contribution in [0.1, 0.15) is 24.8 Å². The highest BCUT2D eigenvalue weighted by Crippen LogP contribution is 2.32. The van der Waals surface area contributed by atoms with Crippen molar-refractivity contribution < 1.29 is 23.1 Å². The van der Waals surface area contributed by atoms with E-state index < -0.39 is 17.8 Å². The molecule has 1 aliphatic rings. The van der Waals surface area contributed by atoms with Crippen LogP contribution in [0.5, 0.6) is 0 Å². The van der Waals surface area contributed by atoms with Gasteiger partial charge in [-0.2, -0.15) is 13.2 Å². The molecule has 0 bridgehead atoms. The number of carbonyl (C=O) groups excluding carboxylic acids is 1. The van der Waals surface area contributed by atoms with Crippen molar-refractivity contribution >= 4 is 16.9 Å². The maximum Gasteiger partial charge on any atom is 0.416 e. The molecule has 3 heterocycles. The fraction of sp³-hybridized carbons (Fsp3) is 0.381. The van der Waals surface area contributed by atoms with Crippen LogP contribution >= 0.6 is 0 Å². The van der Waals surface area contributed by atoms with Crippen molar-refractivity contribution in [1.82, 2.24) is 19.9 Å². The van der Waals surface area contributed by atoms with Gasteiger partial charge in [0.15, 0.2) is 11.4 Å². The third-order valence-corrected chi connectivity index (χ3v) is 5.32. The van der Waals surface area contributed by atoms with Gasteiger partial charge in [0.2, 0.25) is 0 Å². The molecular formula is C21H21F3N4O2. The molecule has 6 nitrogen and oxygen atoms in total. The van der Waals surface area contributed by atoms with Crippen LogP contribution in [0.25, 0.3) is 22.3 Å². The van der Waals surface area contributed by atoms with E-state index >= 15 is 0 Å². The van der Waals surface area contributed by atoms with Crippen LogP contribution in [0, 0.1) is 0 Å². The number of alkyl halides is 3. The third kappa shape index (κ3) is 4.36. The summed E-state index contributed by atoms with van der Waals surface area (Å²) in [6.07, 6.45) is -0.201. The van der Waals surface area contributed by atoms with E-state index in [2.05, 4.69) is 15.3 Å². The molecule has 0 amide bonds. The number of nitrogens with zero attached hydrogens (tertiary/aromatic N) is 3. The molecule has 2 aromatic heterocycles. The summed E-state index contributed by atoms with van der Waals surface area (Å²) in [6, 6.07) is 6.45. The van der Waals surface area contributed by atoms with Gasteiger partial charge < -0.3 is 15.0 Å². The zero-order valence-corrected chi connectivity index (χ0v) is 16.1. The van der Waals surface area contributed by atoms with Gasteiger partial charge in [-0.05, 0) is 43.1 Å². The predicted octanol–water partition coefficient (Wildman–Crippen LogP) is 3.19. The lowest BCUT2D eigenvalue weighted by Gasteiger charge is -2.28. The number of ketones is 1. The monoisotopic (exact) mass is 418 g/mol. The number of fused-ring (bicyclic) bond motifs is 1. The van der Waals surface area contributed by atoms with Gasteiger partial charge in [-0.1, -0.05) is 12.1 Å². The van der Waals surface area contributed by atoms with E-state index in [1.807, 2.05) is 0 Å². The van der Waals surface area contributed by atoms with Crippen LogP contribution < -0.4 is 5.32 Å². The Hall–Kier alpha value is -2.78. The number of carbonyl (C=O) groups is 1. The minimum absolute atomic E-state index is 0.0588. The van der Waals surface area contributed by atoms with Gasteiger partial charge in [0.05, 0.1) is 24.5 Å². The maximum absolute atomic E-state index is 13.0. The highest BCUT2D eigenvalue weighted by Gasteiger charge is 2.30. The average Bonchev–Trinajstić information content (AvgIpc) is 3.11. The van der Waals surface area contributed by atoms with Crippen LogP contribution in [0.4, 0.5) is 13.2 Å². The third-order valence-electron chi connectivity index (χ3n) is 5.32. The molecule has 2 atom stereocenters. The first-order valence-corrected chi connectivity index (χ1v) is 9.73. The Balaban J connectivity index is 1.52. The zero-order valence-electron chi connectivity index (χ0n) is 16.1. The van der Waals surface area contributed by atoms with Gasteiger partial charge in [-0.15, -0.1) is 0 Å². The van der Waals surface area contributed by atoms with Crippen LogP contribution in [-0.2, 0) is 17.5 Å². The van der Waals surface area contributed by atoms with Crippen LogP contribution in [0.2, 0.25) is 0 Å². The summed E-state index contributed by atoms with van der Waals surface area (Å²) >= 11 is 0. The Morgan fingerprint density at radius 3 is 2.83 bits per heavy atom. The highest BCUT2D eigenvalue weighted by molar-refractivity contribution is 5.82. The molecule has 3 aromatic rings. The summed E-state index contributed by atoms with van der Waals surface area (Å²) in [5, 5.41) is 13.2. The van der Waals surface area contributed by atoms with Gasteiger partial charge in [0.1, 0.15) is 5.52 Å². The molecule has 1 aromatic carbocycles. The highest BCUT2D eigenvalue weighted by atomic mass is 19.4. The molecule has 0 radical (unpaired) electrons. The van der Waals surface area contributed by atoms with E-state index in [0.717, 1.165) is 25.1 Å². The van der Waals surface area contributed by atoms with Crippen molar-refractivity contribution in [3.8, 4) is 11.1 Å². The fourth-order valence-electron chi connectivity index (χ4n) is 3.74. The minimum atomic E-state index is -4.42. The number of aliphatic hydroxyl groups excluding tert-OH is 1. The molecule has 2 N–H and O–H groups in total. The Labute approximate surface area is 170 Å². The molecule has 1 fully saturated rings. The lowest BCUT2D eigenvalue weighted by molar-refractivity contribution is -0.137. The van der Waals surface area contributed by atoms with Gasteiger partial charge in [0, 0.05) is 24.2 Å². The Morgan fingerprint density at radius 2 is 2.07 bits per heavy atom. The quantitative estimate of drug-likeness (QED) is 0.665. The van der Waals surface area contributed by atoms with Crippen molar-refractivity contribution in [3.05, 3.63) is 48.4 Å². The predicted molar refractivity (Wildman–Crippen MR) is 105 cm³/mol. The smallest absolute Gasteiger partial charge is 0.391 e. The van der Waals surface area contributed by atoms with Crippen molar-refractivity contribution in [1.29, 1.82) is 0 Å². The van der Waals surface area contributed by atoms with Crippen LogP contribution in [0.15, 0.2) is 42.9 Å². The number of pyridine rings is 1. The number of halogens is 3. The van der Waals surface area contributed by atoms with Gasteiger partial charge >= 0.3 is 6.18 Å². The van der Waals surface area contributed by atoms with Crippen molar-refractivity contribution in [2.75, 3.05) is 6.54 Å². The number of benzene rings is 1. The number of imidazole rings is 1. The second-order valence-electron chi connectivity index (χ2n) is 7.53. The minimum Gasteiger partial charge on any atom is -0.391 e. The number of Topliss-reactive ketones (excluding diaryl/α,β-unsaturated/α-hetero) is 1. The summed E-state index contributed by atoms with van der Waals surface area (Å²) in [6.45, 7) is 0.847. The van der Waals surface area contributed by atoms with E-state index in [0.29, 0.717) is 28.7 Å². The normalized spacial score (nSPS) is 19.9. The first-order valence-electron chi connectivity index (χ1n) is 9.73. The van der Waals surface area contributed by atoms with Gasteiger partial charge in [-0.25, -0.2) is 9.97 Å². The lowest BCUT2D eigenvalue weighted by atomic mass is 9.97. The number of rotatable bonds is 5. The molecule has 1 aliphatic heterocycles. The molecular weight excluding hydrogens is 397 g/mol. The molecule has 9 heteroatoms. The van der Waals surface area contributed by atoms with E-state index in [4.69, 9.17) is 0 Å². The molecule has 0 aliphatic carbocycles. The van der Waals surface area contributed by atoms with Gasteiger partial charge in [0.25, 0.3) is 0 Å². The number of hydrogen-bond acceptors (Lipinski definition) is 5. The van der Waals surface area contributed by atoms with Gasteiger partial charge in [-0.3, -0.25) is 4.79 Å². The summed E-state index contributed by atoms with van der Waals surface area (Å²) in [5.41, 5.74) is 1.15. The van der Waals surface area contributed by atoms with Crippen molar-refractivity contribution in [2.24, 2.45) is 0 Å². The van der Waals surface area contributed by atoms with E-state index in [-0.39, 0.29) is 24.8 Å². The first kappa shape index (κ1) is 20.5. The van der Waals surface area contributed by atoms with E-state index in [1.165, 1.54) is 18.6 Å². The molecule has 0 spiro atoms. The first-order chi connectivity index (χ1) is 14.3. The summed E-state index contributed by atoms with van der Waals surface area (Å²) < 4.78 is 40.5. The largest absolute Gasteiger partial charge is 0.416 e. The zero-order chi connectivity index (χ0) is 21.3. The number of hydrogen-bond donors (Lipinski definition) is 2. The molecule has 1 saturated heterocycles. The molecule has 30 heavy (non-hydrogen) atoms. The number of aromatic nitrogens is 3. The summed E-state index contributed by atoms with van der Waals surface area (Å²) in [4.78, 5) is 21.0. The standard InChI is InChI=1S/C21H21F3N4O2/c22-21(23,24)15-4-1-3-13(7-15)14-8-18-20(26-10-14)28(12-27-18)11-16(29)9-17-19(30)5-2-6-25-17/h1,3-4,7-8,10,12,17,19,25,30H,2,5-6,9,11H2. The molecule has 158 valence electrons. The average molecular weight is 418 g/mol. The Kier molecular flexibility index (Phi) is 5.57. The maximum atomic E-state index is 13.0. The molecule has 0 saturated carbocycles. The second kappa shape index (κ2) is 8.16. The second-order valence-corrected chi connectivity index (χ2v) is 7.53. The Morgan fingerprint density at radius 1 is 1.23 bits per heavy atom. The SMILES string of the molecule is O=C(CC1NCCCC1O)Cn1cnc2cc(-c3cccc(C(F)(F)F)c3)cnc21. The van der Waals surface area contributed by atoms with Crippen molar-refractivity contribution in [2.45, 2.75) is 44.1 Å². The molecule has 2 unspecified atom stereocenters. The number of nitrogens with one attached hydrogen (secondary N) is 1. The van der Waals surface area contributed by atoms with Crippen LogP contribution in [-0.4, -0.2) is 44.1 Å². The fourth-order valence-corrected chi connectivity index (χ4v) is 3.74. The van der Waals surface area contributed by atoms with Crippen molar-refractivity contribution in [3.63, 3.8) is 0 Å². The Bertz CT molecular complexity index is 1060. The summed E-state index contributed by atoms with van der Waals surface area (Å²) in [5.74, 6) is -0.0588. The van der Waals surface area contributed by atoms with E-state index in [9.17, 15) is 23.1 Å². The molecule has 4 rings (SSSR count). The number of aliphatic hydroxyl groups is 1. The number of piperidine rings is 1. The topological polar surface area (TPSA) is 80.0 Å².